The van der Waals surface area contributed by atoms with Crippen LogP contribution in [-0.4, -0.2) is 6.54 Å². The van der Waals surface area contributed by atoms with E-state index in [1.807, 2.05) is 13.8 Å². The molecule has 0 aliphatic rings. The quantitative estimate of drug-likeness (QED) is 0.774. The largest absolute Gasteiger partial charge is 0.380 e. The topological polar surface area (TPSA) is 35.8 Å². The first kappa shape index (κ1) is 15.4. The Morgan fingerprint density at radius 1 is 1.26 bits per heavy atom. The number of rotatable bonds is 6. The van der Waals surface area contributed by atoms with E-state index in [-0.39, 0.29) is 11.1 Å². The van der Waals surface area contributed by atoms with Crippen LogP contribution in [0.5, 0.6) is 0 Å². The van der Waals surface area contributed by atoms with Crippen LogP contribution < -0.4 is 5.32 Å². The van der Waals surface area contributed by atoms with Crippen molar-refractivity contribution >= 4 is 5.69 Å². The van der Waals surface area contributed by atoms with E-state index in [1.165, 1.54) is 12.1 Å². The lowest BCUT2D eigenvalue weighted by molar-refractivity contribution is 0.429. The van der Waals surface area contributed by atoms with Crippen LogP contribution in [-0.2, 0) is 0 Å². The summed E-state index contributed by atoms with van der Waals surface area (Å²) in [4.78, 5) is 0. The van der Waals surface area contributed by atoms with Gasteiger partial charge in [0.25, 0.3) is 0 Å². The van der Waals surface area contributed by atoms with Crippen LogP contribution in [0, 0.1) is 35.3 Å². The van der Waals surface area contributed by atoms with Crippen molar-refractivity contribution in [1.82, 2.24) is 0 Å². The van der Waals surface area contributed by atoms with Crippen LogP contribution in [0.15, 0.2) is 12.1 Å². The minimum atomic E-state index is -0.569. The standard InChI is InChI=1S/C15H20F2N2/c1-11-6-7-12(16)14(13(11)17)19-9-5-4-8-15(2,3)10-18/h6-7,19H,4-5,8-9H2,1-3H3. The molecule has 0 bridgehead atoms. The van der Waals surface area contributed by atoms with Gasteiger partial charge in [0.1, 0.15) is 11.5 Å². The number of halogens is 2. The summed E-state index contributed by atoms with van der Waals surface area (Å²) < 4.78 is 27.1. The van der Waals surface area contributed by atoms with Crippen molar-refractivity contribution in [2.45, 2.75) is 40.0 Å². The van der Waals surface area contributed by atoms with Gasteiger partial charge in [-0.25, -0.2) is 8.78 Å². The SMILES string of the molecule is Cc1ccc(F)c(NCCCCC(C)(C)C#N)c1F. The smallest absolute Gasteiger partial charge is 0.152 e. The number of aryl methyl sites for hydroxylation is 1. The number of nitriles is 1. The van der Waals surface area contributed by atoms with E-state index in [4.69, 9.17) is 5.26 Å². The predicted octanol–water partition coefficient (Wildman–Crippen LogP) is 4.41. The fraction of sp³-hybridized carbons (Fsp3) is 0.533. The van der Waals surface area contributed by atoms with E-state index >= 15 is 0 Å². The van der Waals surface area contributed by atoms with Gasteiger partial charge < -0.3 is 5.32 Å². The molecule has 0 fully saturated rings. The van der Waals surface area contributed by atoms with Crippen molar-refractivity contribution in [3.05, 3.63) is 29.3 Å². The summed E-state index contributed by atoms with van der Waals surface area (Å²) in [6.07, 6.45) is 2.41. The first-order valence-electron chi connectivity index (χ1n) is 6.47. The fourth-order valence-electron chi connectivity index (χ4n) is 1.78. The molecule has 0 amide bonds. The summed E-state index contributed by atoms with van der Waals surface area (Å²) in [7, 11) is 0. The number of nitrogens with one attached hydrogen (secondary N) is 1. The summed E-state index contributed by atoms with van der Waals surface area (Å²) in [6.45, 7) is 5.88. The Bertz CT molecular complexity index is 476. The number of benzene rings is 1. The monoisotopic (exact) mass is 266 g/mol. The van der Waals surface area contributed by atoms with E-state index in [0.29, 0.717) is 12.1 Å². The molecule has 0 aliphatic heterocycles. The van der Waals surface area contributed by atoms with Gasteiger partial charge in [-0.2, -0.15) is 5.26 Å². The molecular formula is C15H20F2N2. The van der Waals surface area contributed by atoms with Crippen LogP contribution in [0.2, 0.25) is 0 Å². The molecule has 104 valence electrons. The molecule has 1 N–H and O–H groups in total. The average molecular weight is 266 g/mol. The maximum Gasteiger partial charge on any atom is 0.152 e. The Balaban J connectivity index is 2.43. The lowest BCUT2D eigenvalue weighted by Crippen LogP contribution is -2.10. The summed E-state index contributed by atoms with van der Waals surface area (Å²) in [5.74, 6) is -1.10. The molecule has 0 unspecified atom stereocenters. The number of hydrogen-bond donors (Lipinski definition) is 1. The second kappa shape index (κ2) is 6.51. The zero-order chi connectivity index (χ0) is 14.5. The third-order valence-corrected chi connectivity index (χ3v) is 3.12. The normalized spacial score (nSPS) is 11.2. The minimum Gasteiger partial charge on any atom is -0.380 e. The van der Waals surface area contributed by atoms with Gasteiger partial charge >= 0.3 is 0 Å². The maximum absolute atomic E-state index is 13.7. The van der Waals surface area contributed by atoms with Crippen molar-refractivity contribution in [1.29, 1.82) is 5.26 Å². The fourth-order valence-corrected chi connectivity index (χ4v) is 1.78. The molecule has 1 aromatic carbocycles. The molecule has 19 heavy (non-hydrogen) atoms. The lowest BCUT2D eigenvalue weighted by Gasteiger charge is -2.15. The molecule has 1 aromatic rings. The molecular weight excluding hydrogens is 246 g/mol. The molecule has 0 radical (unpaired) electrons. The molecule has 0 spiro atoms. The number of anilines is 1. The van der Waals surface area contributed by atoms with Crippen molar-refractivity contribution in [3.8, 4) is 6.07 Å². The van der Waals surface area contributed by atoms with E-state index < -0.39 is 11.6 Å². The summed E-state index contributed by atoms with van der Waals surface area (Å²) in [6, 6.07) is 4.92. The molecule has 4 heteroatoms. The lowest BCUT2D eigenvalue weighted by atomic mass is 9.89. The Kier molecular flexibility index (Phi) is 5.29. The first-order chi connectivity index (χ1) is 8.87. The van der Waals surface area contributed by atoms with E-state index in [2.05, 4.69) is 11.4 Å². The molecule has 0 heterocycles. The molecule has 0 atom stereocenters. The van der Waals surface area contributed by atoms with Crippen molar-refractivity contribution in [2.24, 2.45) is 5.41 Å². The van der Waals surface area contributed by atoms with Crippen molar-refractivity contribution in [2.75, 3.05) is 11.9 Å². The zero-order valence-corrected chi connectivity index (χ0v) is 11.7. The Morgan fingerprint density at radius 2 is 1.95 bits per heavy atom. The Labute approximate surface area is 113 Å². The second-order valence-corrected chi connectivity index (χ2v) is 5.43. The summed E-state index contributed by atoms with van der Waals surface area (Å²) >= 11 is 0. The number of unbranched alkanes of at least 4 members (excludes halogenated alkanes) is 1. The zero-order valence-electron chi connectivity index (χ0n) is 11.7. The average Bonchev–Trinajstić information content (AvgIpc) is 2.37. The van der Waals surface area contributed by atoms with Crippen LogP contribution in [0.25, 0.3) is 0 Å². The van der Waals surface area contributed by atoms with Crippen molar-refractivity contribution < 1.29 is 8.78 Å². The van der Waals surface area contributed by atoms with Gasteiger partial charge in [0.05, 0.1) is 11.5 Å². The Morgan fingerprint density at radius 3 is 2.58 bits per heavy atom. The second-order valence-electron chi connectivity index (χ2n) is 5.43. The highest BCUT2D eigenvalue weighted by Crippen LogP contribution is 2.23. The molecule has 2 nitrogen and oxygen atoms in total. The third-order valence-electron chi connectivity index (χ3n) is 3.12. The maximum atomic E-state index is 13.7. The van der Waals surface area contributed by atoms with Gasteiger partial charge in [-0.15, -0.1) is 0 Å². The molecule has 0 saturated heterocycles. The number of hydrogen-bond acceptors (Lipinski definition) is 2. The van der Waals surface area contributed by atoms with Crippen molar-refractivity contribution in [3.63, 3.8) is 0 Å². The van der Waals surface area contributed by atoms with Gasteiger partial charge in [0.15, 0.2) is 5.82 Å². The third kappa shape index (κ3) is 4.51. The first-order valence-corrected chi connectivity index (χ1v) is 6.47. The highest BCUT2D eigenvalue weighted by atomic mass is 19.1. The van der Waals surface area contributed by atoms with Crippen LogP contribution in [0.3, 0.4) is 0 Å². The van der Waals surface area contributed by atoms with E-state index in [9.17, 15) is 8.78 Å². The Hall–Kier alpha value is -1.63. The molecule has 0 saturated carbocycles. The van der Waals surface area contributed by atoms with Gasteiger partial charge in [0.2, 0.25) is 0 Å². The highest BCUT2D eigenvalue weighted by Gasteiger charge is 2.15. The molecule has 0 aliphatic carbocycles. The predicted molar refractivity (Wildman–Crippen MR) is 72.8 cm³/mol. The van der Waals surface area contributed by atoms with Crippen LogP contribution >= 0.6 is 0 Å². The van der Waals surface area contributed by atoms with Crippen LogP contribution in [0.4, 0.5) is 14.5 Å². The molecule has 1 rings (SSSR count). The van der Waals surface area contributed by atoms with Gasteiger partial charge in [-0.05, 0) is 45.2 Å². The summed E-state index contributed by atoms with van der Waals surface area (Å²) in [5.41, 5.74) is 0.0360. The van der Waals surface area contributed by atoms with Gasteiger partial charge in [0, 0.05) is 6.54 Å². The molecule has 0 aromatic heterocycles. The van der Waals surface area contributed by atoms with Gasteiger partial charge in [-0.3, -0.25) is 0 Å². The number of nitrogens with zero attached hydrogens (tertiary/aromatic N) is 1. The van der Waals surface area contributed by atoms with E-state index in [0.717, 1.165) is 19.3 Å². The van der Waals surface area contributed by atoms with Crippen LogP contribution in [0.1, 0.15) is 38.7 Å². The van der Waals surface area contributed by atoms with Gasteiger partial charge in [-0.1, -0.05) is 12.5 Å². The highest BCUT2D eigenvalue weighted by molar-refractivity contribution is 5.48. The minimum absolute atomic E-state index is 0.0560. The summed E-state index contributed by atoms with van der Waals surface area (Å²) in [5, 5.41) is 11.7. The van der Waals surface area contributed by atoms with E-state index in [1.54, 1.807) is 6.92 Å².